The Kier molecular flexibility index (Phi) is 5.79. The highest BCUT2D eigenvalue weighted by atomic mass is 19.4. The molecule has 0 aliphatic rings. The summed E-state index contributed by atoms with van der Waals surface area (Å²) in [6.45, 7) is 4.59. The van der Waals surface area contributed by atoms with Crippen molar-refractivity contribution in [1.29, 1.82) is 0 Å². The molecular weight excluding hydrogens is 256 g/mol. The fourth-order valence-electron chi connectivity index (χ4n) is 0.958. The molecule has 0 fully saturated rings. The largest absolute Gasteiger partial charge is 0.460 e. The third-order valence-electron chi connectivity index (χ3n) is 2.29. The number of rotatable bonds is 6. The second-order valence-electron chi connectivity index (χ2n) is 4.27. The van der Waals surface area contributed by atoms with Crippen LogP contribution in [0.2, 0.25) is 0 Å². The minimum absolute atomic E-state index is 0.104. The van der Waals surface area contributed by atoms with Crippen LogP contribution in [0.4, 0.5) is 17.6 Å². The predicted octanol–water partition coefficient (Wildman–Crippen LogP) is 2.54. The van der Waals surface area contributed by atoms with Crippen molar-refractivity contribution in [1.82, 2.24) is 0 Å². The molecular formula is C11H16F4O3. The summed E-state index contributed by atoms with van der Waals surface area (Å²) < 4.78 is 54.1. The first-order valence-electron chi connectivity index (χ1n) is 5.23. The van der Waals surface area contributed by atoms with E-state index >= 15 is 0 Å². The lowest BCUT2D eigenvalue weighted by Crippen LogP contribution is -2.38. The Bertz CT molecular complexity index is 310. The summed E-state index contributed by atoms with van der Waals surface area (Å²) in [4.78, 5) is 10.9. The van der Waals surface area contributed by atoms with Gasteiger partial charge in [0.2, 0.25) is 5.67 Å². The number of aliphatic hydroxyl groups excluding tert-OH is 1. The number of carbonyl (C=O) groups excluding carboxylic acids is 1. The number of ether oxygens (including phenoxy) is 1. The molecule has 0 spiro atoms. The lowest BCUT2D eigenvalue weighted by Gasteiger charge is -2.24. The molecule has 0 aliphatic heterocycles. The summed E-state index contributed by atoms with van der Waals surface area (Å²) in [5.41, 5.74) is -3.26. The summed E-state index contributed by atoms with van der Waals surface area (Å²) in [7, 11) is 0. The molecule has 0 amide bonds. The molecule has 0 radical (unpaired) electrons. The van der Waals surface area contributed by atoms with Crippen LogP contribution in [0.5, 0.6) is 0 Å². The first-order chi connectivity index (χ1) is 7.97. The van der Waals surface area contributed by atoms with Crippen LogP contribution in [0.1, 0.15) is 26.7 Å². The molecule has 0 aromatic rings. The number of aliphatic hydroxyl groups is 1. The molecule has 0 aromatic heterocycles. The quantitative estimate of drug-likeness (QED) is 0.459. The zero-order valence-electron chi connectivity index (χ0n) is 10.2. The molecule has 0 aromatic carbocycles. The Morgan fingerprint density at radius 1 is 1.39 bits per heavy atom. The van der Waals surface area contributed by atoms with Gasteiger partial charge in [0.25, 0.3) is 0 Å². The summed E-state index contributed by atoms with van der Waals surface area (Å²) in [6, 6.07) is 0. The van der Waals surface area contributed by atoms with Gasteiger partial charge in [0.1, 0.15) is 6.61 Å². The van der Waals surface area contributed by atoms with Crippen molar-refractivity contribution < 1.29 is 32.2 Å². The molecule has 18 heavy (non-hydrogen) atoms. The maximum atomic E-state index is 13.1. The van der Waals surface area contributed by atoms with Crippen LogP contribution in [0, 0.1) is 0 Å². The van der Waals surface area contributed by atoms with Gasteiger partial charge in [-0.15, -0.1) is 0 Å². The van der Waals surface area contributed by atoms with E-state index in [0.717, 1.165) is 0 Å². The fraction of sp³-hybridized carbons (Fsp3) is 0.727. The Balaban J connectivity index is 4.09. The third-order valence-corrected chi connectivity index (χ3v) is 2.29. The van der Waals surface area contributed by atoms with E-state index in [2.05, 4.69) is 11.3 Å². The van der Waals surface area contributed by atoms with Gasteiger partial charge in [-0.1, -0.05) is 6.58 Å². The third kappa shape index (κ3) is 5.48. The van der Waals surface area contributed by atoms with Crippen molar-refractivity contribution >= 4 is 5.97 Å². The number of esters is 1. The van der Waals surface area contributed by atoms with Crippen molar-refractivity contribution in [3.05, 3.63) is 12.2 Å². The normalized spacial score (nSPS) is 16.8. The molecule has 3 nitrogen and oxygen atoms in total. The number of hydrogen-bond donors (Lipinski definition) is 1. The molecule has 0 aliphatic carbocycles. The van der Waals surface area contributed by atoms with Crippen molar-refractivity contribution in [3.8, 4) is 0 Å². The van der Waals surface area contributed by atoms with Crippen molar-refractivity contribution in [2.24, 2.45) is 0 Å². The standard InChI is InChI=1S/C11H16F4O3/c1-7(2)9(17)18-6-8(16)4-5-10(3,12)11(13,14)15/h8,16H,1,4-6H2,2-3H3. The molecule has 7 heteroatoms. The van der Waals surface area contributed by atoms with Crippen molar-refractivity contribution in [3.63, 3.8) is 0 Å². The van der Waals surface area contributed by atoms with E-state index < -0.39 is 43.4 Å². The molecule has 1 N–H and O–H groups in total. The van der Waals surface area contributed by atoms with Crippen LogP contribution < -0.4 is 0 Å². The van der Waals surface area contributed by atoms with E-state index in [1.807, 2.05) is 0 Å². The highest BCUT2D eigenvalue weighted by molar-refractivity contribution is 5.86. The Morgan fingerprint density at radius 3 is 2.28 bits per heavy atom. The molecule has 106 valence electrons. The Morgan fingerprint density at radius 2 is 1.89 bits per heavy atom. The summed E-state index contributed by atoms with van der Waals surface area (Å²) >= 11 is 0. The number of halogens is 4. The van der Waals surface area contributed by atoms with Crippen LogP contribution in [0.3, 0.4) is 0 Å². The minimum atomic E-state index is -4.99. The smallest absolute Gasteiger partial charge is 0.422 e. The Hall–Kier alpha value is -1.11. The van der Waals surface area contributed by atoms with Gasteiger partial charge < -0.3 is 9.84 Å². The molecule has 0 rings (SSSR count). The lowest BCUT2D eigenvalue weighted by atomic mass is 9.99. The molecule has 2 unspecified atom stereocenters. The van der Waals surface area contributed by atoms with Crippen LogP contribution in [0.25, 0.3) is 0 Å². The van der Waals surface area contributed by atoms with E-state index in [1.165, 1.54) is 6.92 Å². The zero-order chi connectivity index (χ0) is 14.6. The molecule has 0 bridgehead atoms. The highest BCUT2D eigenvalue weighted by Crippen LogP contribution is 2.37. The lowest BCUT2D eigenvalue weighted by molar-refractivity contribution is -0.227. The zero-order valence-corrected chi connectivity index (χ0v) is 10.2. The van der Waals surface area contributed by atoms with E-state index in [1.54, 1.807) is 0 Å². The van der Waals surface area contributed by atoms with Gasteiger partial charge in [-0.2, -0.15) is 13.2 Å². The maximum absolute atomic E-state index is 13.1. The molecule has 0 heterocycles. The number of alkyl halides is 4. The van der Waals surface area contributed by atoms with Crippen LogP contribution in [0.15, 0.2) is 12.2 Å². The molecule has 0 saturated carbocycles. The van der Waals surface area contributed by atoms with Gasteiger partial charge in [-0.3, -0.25) is 0 Å². The van der Waals surface area contributed by atoms with Gasteiger partial charge in [0.05, 0.1) is 6.10 Å². The highest BCUT2D eigenvalue weighted by Gasteiger charge is 2.51. The summed E-state index contributed by atoms with van der Waals surface area (Å²) in [6.07, 6.45) is -7.69. The van der Waals surface area contributed by atoms with Gasteiger partial charge in [0.15, 0.2) is 0 Å². The van der Waals surface area contributed by atoms with Gasteiger partial charge in [-0.25, -0.2) is 9.18 Å². The second kappa shape index (κ2) is 6.17. The first kappa shape index (κ1) is 16.9. The predicted molar refractivity (Wildman–Crippen MR) is 56.6 cm³/mol. The van der Waals surface area contributed by atoms with E-state index in [9.17, 15) is 27.5 Å². The minimum Gasteiger partial charge on any atom is -0.460 e. The maximum Gasteiger partial charge on any atom is 0.422 e. The monoisotopic (exact) mass is 272 g/mol. The summed E-state index contributed by atoms with van der Waals surface area (Å²) in [5.74, 6) is -0.757. The number of carbonyl (C=O) groups is 1. The van der Waals surface area contributed by atoms with Gasteiger partial charge in [-0.05, 0) is 26.7 Å². The average molecular weight is 272 g/mol. The van der Waals surface area contributed by atoms with Crippen molar-refractivity contribution in [2.45, 2.75) is 44.6 Å². The van der Waals surface area contributed by atoms with E-state index in [-0.39, 0.29) is 5.57 Å². The summed E-state index contributed by atoms with van der Waals surface area (Å²) in [5, 5.41) is 9.27. The first-order valence-corrected chi connectivity index (χ1v) is 5.23. The van der Waals surface area contributed by atoms with E-state index in [4.69, 9.17) is 0 Å². The van der Waals surface area contributed by atoms with Crippen LogP contribution >= 0.6 is 0 Å². The van der Waals surface area contributed by atoms with Crippen molar-refractivity contribution in [2.75, 3.05) is 6.61 Å². The van der Waals surface area contributed by atoms with Crippen LogP contribution in [-0.2, 0) is 9.53 Å². The average Bonchev–Trinajstić information content (AvgIpc) is 2.21. The topological polar surface area (TPSA) is 46.5 Å². The van der Waals surface area contributed by atoms with Gasteiger partial charge in [0, 0.05) is 5.57 Å². The Labute approximate surface area is 102 Å². The van der Waals surface area contributed by atoms with E-state index in [0.29, 0.717) is 6.92 Å². The SMILES string of the molecule is C=C(C)C(=O)OCC(O)CCC(C)(F)C(F)(F)F. The number of hydrogen-bond acceptors (Lipinski definition) is 3. The molecule has 0 saturated heterocycles. The van der Waals surface area contributed by atoms with Crippen LogP contribution in [-0.4, -0.2) is 35.6 Å². The molecule has 2 atom stereocenters. The second-order valence-corrected chi connectivity index (χ2v) is 4.27. The fourth-order valence-corrected chi connectivity index (χ4v) is 0.958. The van der Waals surface area contributed by atoms with Gasteiger partial charge >= 0.3 is 12.1 Å².